The van der Waals surface area contributed by atoms with E-state index >= 15 is 0 Å². The molecule has 6 nitrogen and oxygen atoms in total. The minimum Gasteiger partial charge on any atom is -0.353 e. The molecule has 2 aromatic heterocycles. The van der Waals surface area contributed by atoms with Gasteiger partial charge in [0.15, 0.2) is 0 Å². The summed E-state index contributed by atoms with van der Waals surface area (Å²) in [6.45, 7) is 2.50. The molecule has 1 N–H and O–H groups in total. The third-order valence-electron chi connectivity index (χ3n) is 4.81. The Morgan fingerprint density at radius 1 is 1.03 bits per heavy atom. The van der Waals surface area contributed by atoms with E-state index in [9.17, 15) is 9.59 Å². The first-order chi connectivity index (χ1) is 14.5. The number of halogens is 2. The maximum Gasteiger partial charge on any atom is 0.265 e. The zero-order valence-electron chi connectivity index (χ0n) is 15.8. The SMILES string of the molecule is O=C(Nc1cc(C(=O)N2CCN(c3ccc(Cl)cn3)CC2)ccc1Cl)c1cccs1. The zero-order chi connectivity index (χ0) is 21.1. The Morgan fingerprint density at radius 3 is 2.50 bits per heavy atom. The van der Waals surface area contributed by atoms with Gasteiger partial charge in [0.25, 0.3) is 11.8 Å². The molecule has 1 aromatic carbocycles. The van der Waals surface area contributed by atoms with E-state index in [1.165, 1.54) is 11.3 Å². The number of thiophene rings is 1. The summed E-state index contributed by atoms with van der Waals surface area (Å²) >= 11 is 13.5. The van der Waals surface area contributed by atoms with Gasteiger partial charge in [0.2, 0.25) is 0 Å². The highest BCUT2D eigenvalue weighted by molar-refractivity contribution is 7.12. The molecule has 0 spiro atoms. The summed E-state index contributed by atoms with van der Waals surface area (Å²) in [5.41, 5.74) is 0.906. The fourth-order valence-electron chi connectivity index (χ4n) is 3.22. The van der Waals surface area contributed by atoms with Crippen LogP contribution in [0.25, 0.3) is 0 Å². The number of rotatable bonds is 4. The van der Waals surface area contributed by atoms with Crippen LogP contribution in [0.2, 0.25) is 10.0 Å². The fraction of sp³-hybridized carbons (Fsp3) is 0.190. The lowest BCUT2D eigenvalue weighted by Crippen LogP contribution is -2.49. The van der Waals surface area contributed by atoms with Crippen LogP contribution in [-0.2, 0) is 0 Å². The van der Waals surface area contributed by atoms with Crippen LogP contribution in [0.3, 0.4) is 0 Å². The molecule has 1 fully saturated rings. The average Bonchev–Trinajstić information content (AvgIpc) is 3.31. The van der Waals surface area contributed by atoms with Gasteiger partial charge in [-0.15, -0.1) is 11.3 Å². The number of aromatic nitrogens is 1. The normalized spacial score (nSPS) is 13.9. The fourth-order valence-corrected chi connectivity index (χ4v) is 4.12. The van der Waals surface area contributed by atoms with Gasteiger partial charge in [0.05, 0.1) is 20.6 Å². The van der Waals surface area contributed by atoms with Gasteiger partial charge in [-0.05, 0) is 41.8 Å². The highest BCUT2D eigenvalue weighted by Gasteiger charge is 2.23. The van der Waals surface area contributed by atoms with Crippen LogP contribution >= 0.6 is 34.5 Å². The van der Waals surface area contributed by atoms with Crippen molar-refractivity contribution in [1.29, 1.82) is 0 Å². The van der Waals surface area contributed by atoms with Crippen LogP contribution in [0, 0.1) is 0 Å². The van der Waals surface area contributed by atoms with Gasteiger partial charge >= 0.3 is 0 Å². The Kier molecular flexibility index (Phi) is 6.22. The van der Waals surface area contributed by atoms with Crippen LogP contribution in [0.15, 0.2) is 54.0 Å². The third kappa shape index (κ3) is 4.59. The lowest BCUT2D eigenvalue weighted by Gasteiger charge is -2.35. The number of carbonyl (C=O) groups excluding carboxylic acids is 2. The Labute approximate surface area is 188 Å². The molecule has 4 rings (SSSR count). The first-order valence-electron chi connectivity index (χ1n) is 9.31. The standard InChI is InChI=1S/C21H18Cl2N4O2S/c22-15-4-6-19(24-13-15)26-7-9-27(10-8-26)21(29)14-3-5-16(23)17(12-14)25-20(28)18-2-1-11-30-18/h1-6,11-13H,7-10H2,(H,25,28). The molecule has 154 valence electrons. The number of piperazine rings is 1. The molecule has 9 heteroatoms. The predicted octanol–water partition coefficient (Wildman–Crippen LogP) is 4.66. The van der Waals surface area contributed by atoms with E-state index in [1.807, 2.05) is 11.4 Å². The summed E-state index contributed by atoms with van der Waals surface area (Å²) in [5, 5.41) is 5.59. The van der Waals surface area contributed by atoms with E-state index in [4.69, 9.17) is 23.2 Å². The second-order valence-corrected chi connectivity index (χ2v) is 8.53. The van der Waals surface area contributed by atoms with E-state index in [1.54, 1.807) is 47.5 Å². The smallest absolute Gasteiger partial charge is 0.265 e. The summed E-state index contributed by atoms with van der Waals surface area (Å²) in [6.07, 6.45) is 1.62. The van der Waals surface area contributed by atoms with Gasteiger partial charge in [-0.25, -0.2) is 4.98 Å². The number of carbonyl (C=O) groups is 2. The molecule has 0 atom stereocenters. The van der Waals surface area contributed by atoms with Crippen molar-refractivity contribution in [2.24, 2.45) is 0 Å². The van der Waals surface area contributed by atoms with Crippen LogP contribution < -0.4 is 10.2 Å². The summed E-state index contributed by atoms with van der Waals surface area (Å²) in [7, 11) is 0. The maximum absolute atomic E-state index is 13.0. The lowest BCUT2D eigenvalue weighted by atomic mass is 10.1. The number of nitrogens with zero attached hydrogens (tertiary/aromatic N) is 3. The van der Waals surface area contributed by atoms with Gasteiger partial charge in [0.1, 0.15) is 5.82 Å². The van der Waals surface area contributed by atoms with Crippen LogP contribution in [0.4, 0.5) is 11.5 Å². The molecule has 2 amide bonds. The molecular formula is C21H18Cl2N4O2S. The Hall–Kier alpha value is -2.61. The largest absolute Gasteiger partial charge is 0.353 e. The van der Waals surface area contributed by atoms with E-state index in [-0.39, 0.29) is 11.8 Å². The maximum atomic E-state index is 13.0. The van der Waals surface area contributed by atoms with Crippen molar-refractivity contribution in [3.8, 4) is 0 Å². The van der Waals surface area contributed by atoms with Crippen molar-refractivity contribution in [2.45, 2.75) is 0 Å². The summed E-state index contributed by atoms with van der Waals surface area (Å²) in [4.78, 5) is 34.1. The van der Waals surface area contributed by atoms with Gasteiger partial charge < -0.3 is 15.1 Å². The first kappa shape index (κ1) is 20.7. The minimum absolute atomic E-state index is 0.0954. The number of hydrogen-bond acceptors (Lipinski definition) is 5. The average molecular weight is 461 g/mol. The molecular weight excluding hydrogens is 443 g/mol. The minimum atomic E-state index is -0.249. The second kappa shape index (κ2) is 9.04. The Morgan fingerprint density at radius 2 is 1.83 bits per heavy atom. The molecule has 1 saturated heterocycles. The number of nitrogens with one attached hydrogen (secondary N) is 1. The molecule has 0 saturated carbocycles. The van der Waals surface area contributed by atoms with Crippen molar-refractivity contribution in [2.75, 3.05) is 36.4 Å². The van der Waals surface area contributed by atoms with Crippen molar-refractivity contribution in [1.82, 2.24) is 9.88 Å². The molecule has 0 bridgehead atoms. The van der Waals surface area contributed by atoms with E-state index in [2.05, 4.69) is 15.2 Å². The number of pyridine rings is 1. The van der Waals surface area contributed by atoms with Crippen LogP contribution in [0.5, 0.6) is 0 Å². The number of hydrogen-bond donors (Lipinski definition) is 1. The first-order valence-corrected chi connectivity index (χ1v) is 10.9. The quantitative estimate of drug-likeness (QED) is 0.614. The van der Waals surface area contributed by atoms with Crippen LogP contribution in [-0.4, -0.2) is 47.9 Å². The predicted molar refractivity (Wildman–Crippen MR) is 121 cm³/mol. The molecule has 0 radical (unpaired) electrons. The van der Waals surface area contributed by atoms with Gasteiger partial charge in [-0.1, -0.05) is 29.3 Å². The van der Waals surface area contributed by atoms with Gasteiger partial charge in [-0.2, -0.15) is 0 Å². The summed E-state index contributed by atoms with van der Waals surface area (Å²) in [6, 6.07) is 12.2. The summed E-state index contributed by atoms with van der Waals surface area (Å²) in [5.74, 6) is 0.499. The second-order valence-electron chi connectivity index (χ2n) is 6.74. The highest BCUT2D eigenvalue weighted by atomic mass is 35.5. The summed E-state index contributed by atoms with van der Waals surface area (Å²) < 4.78 is 0. The van der Waals surface area contributed by atoms with Gasteiger partial charge in [0, 0.05) is 37.9 Å². The zero-order valence-corrected chi connectivity index (χ0v) is 18.2. The Balaban J connectivity index is 1.42. The molecule has 1 aliphatic rings. The van der Waals surface area contributed by atoms with E-state index in [0.717, 1.165) is 5.82 Å². The molecule has 0 aliphatic carbocycles. The van der Waals surface area contributed by atoms with Crippen molar-refractivity contribution < 1.29 is 9.59 Å². The number of anilines is 2. The van der Waals surface area contributed by atoms with Crippen molar-refractivity contribution in [3.63, 3.8) is 0 Å². The highest BCUT2D eigenvalue weighted by Crippen LogP contribution is 2.25. The molecule has 30 heavy (non-hydrogen) atoms. The topological polar surface area (TPSA) is 65.5 Å². The van der Waals surface area contributed by atoms with Crippen molar-refractivity contribution in [3.05, 3.63) is 74.5 Å². The van der Waals surface area contributed by atoms with Crippen LogP contribution in [0.1, 0.15) is 20.0 Å². The lowest BCUT2D eigenvalue weighted by molar-refractivity contribution is 0.0746. The molecule has 3 heterocycles. The van der Waals surface area contributed by atoms with Gasteiger partial charge in [-0.3, -0.25) is 9.59 Å². The van der Waals surface area contributed by atoms with Crippen molar-refractivity contribution >= 4 is 57.9 Å². The molecule has 0 unspecified atom stereocenters. The Bertz CT molecular complexity index is 1050. The monoisotopic (exact) mass is 460 g/mol. The molecule has 1 aliphatic heterocycles. The number of amides is 2. The van der Waals surface area contributed by atoms with E-state index in [0.29, 0.717) is 52.4 Å². The third-order valence-corrected chi connectivity index (χ3v) is 6.23. The number of benzene rings is 1. The molecule has 3 aromatic rings. The van der Waals surface area contributed by atoms with E-state index < -0.39 is 0 Å².